The van der Waals surface area contributed by atoms with Gasteiger partial charge in [0.2, 0.25) is 15.9 Å². The third-order valence-electron chi connectivity index (χ3n) is 4.98. The number of nitrogens with zero attached hydrogens (tertiary/aromatic N) is 1. The lowest BCUT2D eigenvalue weighted by Crippen LogP contribution is -2.50. The van der Waals surface area contributed by atoms with Crippen molar-refractivity contribution in [3.05, 3.63) is 29.8 Å². The molecule has 8 heteroatoms. The number of hydrogen-bond donors (Lipinski definition) is 2. The zero-order valence-corrected chi connectivity index (χ0v) is 16.9. The van der Waals surface area contributed by atoms with Crippen molar-refractivity contribution in [2.45, 2.75) is 57.9 Å². The standard InChI is InChI=1S/C19H28N2O5S/c1-4-13-27(25,26)21-12-6-5-7-16(21)17(22)20-15-10-8-14(9-11-15)19(2,3)18(23)24/h8-11,16H,4-7,12-13H2,1-3H3,(H,20,22)(H,23,24). The molecule has 1 fully saturated rings. The lowest BCUT2D eigenvalue weighted by atomic mass is 9.85. The molecule has 1 aliphatic heterocycles. The SMILES string of the molecule is CCCS(=O)(=O)N1CCCCC1C(=O)Nc1ccc(C(C)(C)C(=O)O)cc1. The molecule has 1 aliphatic rings. The molecule has 0 aromatic heterocycles. The molecule has 0 aliphatic carbocycles. The van der Waals surface area contributed by atoms with Crippen LogP contribution in [-0.4, -0.2) is 48.0 Å². The number of hydrogen-bond acceptors (Lipinski definition) is 4. The van der Waals surface area contributed by atoms with Crippen LogP contribution in [0.5, 0.6) is 0 Å². The van der Waals surface area contributed by atoms with Gasteiger partial charge in [0.25, 0.3) is 0 Å². The number of amides is 1. The highest BCUT2D eigenvalue weighted by molar-refractivity contribution is 7.89. The van der Waals surface area contributed by atoms with E-state index in [2.05, 4.69) is 5.32 Å². The first kappa shape index (κ1) is 21.4. The van der Waals surface area contributed by atoms with Gasteiger partial charge in [0.05, 0.1) is 11.2 Å². The molecule has 2 N–H and O–H groups in total. The Morgan fingerprint density at radius 3 is 2.41 bits per heavy atom. The zero-order chi connectivity index (χ0) is 20.2. The second-order valence-corrected chi connectivity index (χ2v) is 9.48. The monoisotopic (exact) mass is 396 g/mol. The summed E-state index contributed by atoms with van der Waals surface area (Å²) in [6.07, 6.45) is 2.57. The molecule has 1 heterocycles. The summed E-state index contributed by atoms with van der Waals surface area (Å²) in [6.45, 7) is 5.39. The average Bonchev–Trinajstić information content (AvgIpc) is 2.62. The van der Waals surface area contributed by atoms with Gasteiger partial charge >= 0.3 is 5.97 Å². The number of aliphatic carboxylic acids is 1. The normalized spacial score (nSPS) is 18.9. The van der Waals surface area contributed by atoms with Crippen molar-refractivity contribution in [3.8, 4) is 0 Å². The number of carboxylic acids is 1. The first-order valence-corrected chi connectivity index (χ1v) is 10.8. The lowest BCUT2D eigenvalue weighted by Gasteiger charge is -2.33. The highest BCUT2D eigenvalue weighted by Gasteiger charge is 2.36. The molecule has 1 amide bonds. The van der Waals surface area contributed by atoms with Crippen LogP contribution in [0.15, 0.2) is 24.3 Å². The van der Waals surface area contributed by atoms with Gasteiger partial charge < -0.3 is 10.4 Å². The molecule has 7 nitrogen and oxygen atoms in total. The fourth-order valence-electron chi connectivity index (χ4n) is 3.19. The Labute approximate surface area is 160 Å². The van der Waals surface area contributed by atoms with Gasteiger partial charge in [0.1, 0.15) is 6.04 Å². The topological polar surface area (TPSA) is 104 Å². The molecule has 2 rings (SSSR count). The summed E-state index contributed by atoms with van der Waals surface area (Å²) in [5.74, 6) is -1.24. The van der Waals surface area contributed by atoms with Gasteiger partial charge in [0, 0.05) is 12.2 Å². The predicted octanol–water partition coefficient (Wildman–Crippen LogP) is 2.58. The van der Waals surface area contributed by atoms with E-state index in [-0.39, 0.29) is 11.7 Å². The largest absolute Gasteiger partial charge is 0.481 e. The van der Waals surface area contributed by atoms with Crippen LogP contribution < -0.4 is 5.32 Å². The van der Waals surface area contributed by atoms with Crippen molar-refractivity contribution >= 4 is 27.6 Å². The number of sulfonamides is 1. The Kier molecular flexibility index (Phi) is 6.64. The smallest absolute Gasteiger partial charge is 0.313 e. The van der Waals surface area contributed by atoms with E-state index in [0.29, 0.717) is 30.6 Å². The molecule has 0 radical (unpaired) electrons. The van der Waals surface area contributed by atoms with Crippen LogP contribution in [0.3, 0.4) is 0 Å². The molecule has 27 heavy (non-hydrogen) atoms. The van der Waals surface area contributed by atoms with Gasteiger partial charge in [-0.2, -0.15) is 4.31 Å². The fourth-order valence-corrected chi connectivity index (χ4v) is 4.94. The van der Waals surface area contributed by atoms with Crippen LogP contribution in [0.4, 0.5) is 5.69 Å². The number of carbonyl (C=O) groups excluding carboxylic acids is 1. The molecular weight excluding hydrogens is 368 g/mol. The number of piperidine rings is 1. The minimum absolute atomic E-state index is 0.0374. The summed E-state index contributed by atoms with van der Waals surface area (Å²) in [4.78, 5) is 24.0. The van der Waals surface area contributed by atoms with Crippen LogP contribution in [0, 0.1) is 0 Å². The van der Waals surface area contributed by atoms with E-state index < -0.39 is 27.4 Å². The highest BCUT2D eigenvalue weighted by Crippen LogP contribution is 2.26. The average molecular weight is 397 g/mol. The summed E-state index contributed by atoms with van der Waals surface area (Å²) in [6, 6.07) is 5.91. The third-order valence-corrected chi connectivity index (χ3v) is 7.06. The van der Waals surface area contributed by atoms with Crippen molar-refractivity contribution in [3.63, 3.8) is 0 Å². The number of rotatable bonds is 7. The minimum atomic E-state index is -3.45. The maximum absolute atomic E-state index is 12.7. The Hall–Kier alpha value is -1.93. The van der Waals surface area contributed by atoms with Crippen LogP contribution in [-0.2, 0) is 25.0 Å². The lowest BCUT2D eigenvalue weighted by molar-refractivity contribution is -0.142. The van der Waals surface area contributed by atoms with Gasteiger partial charge in [0.15, 0.2) is 0 Å². The predicted molar refractivity (Wildman–Crippen MR) is 104 cm³/mol. The Bertz CT molecular complexity index is 787. The molecule has 1 aromatic rings. The highest BCUT2D eigenvalue weighted by atomic mass is 32.2. The van der Waals surface area contributed by atoms with E-state index in [9.17, 15) is 23.1 Å². The van der Waals surface area contributed by atoms with E-state index in [1.807, 2.05) is 0 Å². The maximum atomic E-state index is 12.7. The van der Waals surface area contributed by atoms with Gasteiger partial charge in [-0.1, -0.05) is 25.5 Å². The van der Waals surface area contributed by atoms with Gasteiger partial charge in [-0.15, -0.1) is 0 Å². The van der Waals surface area contributed by atoms with Gasteiger partial charge in [-0.3, -0.25) is 9.59 Å². The number of carboxylic acid groups (broad SMARTS) is 1. The molecule has 0 spiro atoms. The molecule has 1 atom stereocenters. The first-order valence-electron chi connectivity index (χ1n) is 9.24. The van der Waals surface area contributed by atoms with E-state index in [1.165, 1.54) is 4.31 Å². The number of nitrogens with one attached hydrogen (secondary N) is 1. The maximum Gasteiger partial charge on any atom is 0.313 e. The van der Waals surface area contributed by atoms with Crippen LogP contribution in [0.1, 0.15) is 52.0 Å². The number of benzene rings is 1. The molecular formula is C19H28N2O5S. The van der Waals surface area contributed by atoms with Gasteiger partial charge in [-0.05, 0) is 50.8 Å². The first-order chi connectivity index (χ1) is 12.6. The van der Waals surface area contributed by atoms with Crippen molar-refractivity contribution < 1.29 is 23.1 Å². The summed E-state index contributed by atoms with van der Waals surface area (Å²) in [7, 11) is -3.45. The summed E-state index contributed by atoms with van der Waals surface area (Å²) < 4.78 is 26.3. The van der Waals surface area contributed by atoms with Crippen LogP contribution in [0.25, 0.3) is 0 Å². The third kappa shape index (κ3) is 4.87. The van der Waals surface area contributed by atoms with Crippen LogP contribution >= 0.6 is 0 Å². The molecule has 0 saturated carbocycles. The van der Waals surface area contributed by atoms with E-state index >= 15 is 0 Å². The molecule has 1 aromatic carbocycles. The van der Waals surface area contributed by atoms with E-state index in [0.717, 1.165) is 12.8 Å². The van der Waals surface area contributed by atoms with E-state index in [4.69, 9.17) is 0 Å². The van der Waals surface area contributed by atoms with Gasteiger partial charge in [-0.25, -0.2) is 8.42 Å². The fraction of sp³-hybridized carbons (Fsp3) is 0.579. The van der Waals surface area contributed by atoms with Crippen LogP contribution in [0.2, 0.25) is 0 Å². The zero-order valence-electron chi connectivity index (χ0n) is 16.1. The van der Waals surface area contributed by atoms with Crippen molar-refractivity contribution in [2.24, 2.45) is 0 Å². The second-order valence-electron chi connectivity index (χ2n) is 7.44. The molecule has 1 unspecified atom stereocenters. The second kappa shape index (κ2) is 8.39. The molecule has 150 valence electrons. The number of anilines is 1. The minimum Gasteiger partial charge on any atom is -0.481 e. The molecule has 1 saturated heterocycles. The quantitative estimate of drug-likeness (QED) is 0.737. The Morgan fingerprint density at radius 2 is 1.85 bits per heavy atom. The number of carbonyl (C=O) groups is 2. The van der Waals surface area contributed by atoms with Crippen molar-refractivity contribution in [1.82, 2.24) is 4.31 Å². The Balaban J connectivity index is 2.14. The Morgan fingerprint density at radius 1 is 1.22 bits per heavy atom. The summed E-state index contributed by atoms with van der Waals surface area (Å²) in [5.41, 5.74) is 0.109. The van der Waals surface area contributed by atoms with E-state index in [1.54, 1.807) is 45.0 Å². The molecule has 0 bridgehead atoms. The van der Waals surface area contributed by atoms with Crippen molar-refractivity contribution in [2.75, 3.05) is 17.6 Å². The van der Waals surface area contributed by atoms with Crippen molar-refractivity contribution in [1.29, 1.82) is 0 Å². The summed E-state index contributed by atoms with van der Waals surface area (Å²) in [5, 5.41) is 12.1. The summed E-state index contributed by atoms with van der Waals surface area (Å²) >= 11 is 0.